The van der Waals surface area contributed by atoms with E-state index in [0.717, 1.165) is 89.4 Å². The third-order valence-electron chi connectivity index (χ3n) is 6.08. The highest BCUT2D eigenvalue weighted by Crippen LogP contribution is 2.10. The van der Waals surface area contributed by atoms with Gasteiger partial charge in [-0.3, -0.25) is 4.90 Å². The molecule has 3 heterocycles. The standard InChI is InChI=1S/C21H40N8O.HI/c1-4-9-28-11-6-19(7-12-28)24-21(23-17-20-26-25-18(2)27(20)3)22-8-5-10-29-13-15-30-16-14-29;/h19H,4-17H2,1-3H3,(H2,22,23,24);1H. The number of guanidine groups is 1. The number of piperidine rings is 1. The van der Waals surface area contributed by atoms with E-state index >= 15 is 0 Å². The number of aromatic nitrogens is 3. The number of rotatable bonds is 9. The van der Waals surface area contributed by atoms with E-state index in [1.54, 1.807) is 0 Å². The molecule has 1 aromatic rings. The molecule has 2 aliphatic rings. The van der Waals surface area contributed by atoms with Crippen molar-refractivity contribution in [3.05, 3.63) is 11.6 Å². The number of halogens is 1. The van der Waals surface area contributed by atoms with Gasteiger partial charge in [0, 0.05) is 45.8 Å². The summed E-state index contributed by atoms with van der Waals surface area (Å²) >= 11 is 0. The van der Waals surface area contributed by atoms with E-state index in [4.69, 9.17) is 9.73 Å². The van der Waals surface area contributed by atoms with Crippen LogP contribution >= 0.6 is 24.0 Å². The molecule has 0 aliphatic carbocycles. The zero-order chi connectivity index (χ0) is 21.2. The SMILES string of the molecule is CCCN1CCC(NC(=NCc2nnc(C)n2C)NCCCN2CCOCC2)CC1.I. The number of morpholine rings is 1. The molecule has 10 heteroatoms. The number of nitrogens with one attached hydrogen (secondary N) is 2. The minimum Gasteiger partial charge on any atom is -0.379 e. The minimum atomic E-state index is 0. The molecular weight excluding hydrogens is 507 g/mol. The van der Waals surface area contributed by atoms with E-state index in [1.807, 2.05) is 18.5 Å². The Hall–Kier alpha value is -0.980. The van der Waals surface area contributed by atoms with Gasteiger partial charge in [-0.05, 0) is 45.7 Å². The molecule has 9 nitrogen and oxygen atoms in total. The van der Waals surface area contributed by atoms with E-state index in [0.29, 0.717) is 12.6 Å². The molecule has 0 radical (unpaired) electrons. The largest absolute Gasteiger partial charge is 0.379 e. The molecule has 0 amide bonds. The number of likely N-dealkylation sites (tertiary alicyclic amines) is 1. The summed E-state index contributed by atoms with van der Waals surface area (Å²) in [6.07, 6.45) is 4.65. The maximum atomic E-state index is 5.43. The first kappa shape index (κ1) is 26.3. The maximum Gasteiger partial charge on any atom is 0.191 e. The average Bonchev–Trinajstić information content (AvgIpc) is 3.09. The highest BCUT2D eigenvalue weighted by molar-refractivity contribution is 14.0. The maximum absolute atomic E-state index is 5.43. The van der Waals surface area contributed by atoms with Gasteiger partial charge in [0.2, 0.25) is 0 Å². The number of ether oxygens (including phenoxy) is 1. The summed E-state index contributed by atoms with van der Waals surface area (Å²) in [4.78, 5) is 9.86. The van der Waals surface area contributed by atoms with Crippen LogP contribution in [0.15, 0.2) is 4.99 Å². The summed E-state index contributed by atoms with van der Waals surface area (Å²) in [7, 11) is 1.99. The van der Waals surface area contributed by atoms with Gasteiger partial charge in [-0.25, -0.2) is 4.99 Å². The molecular formula is C21H41IN8O. The van der Waals surface area contributed by atoms with Crippen LogP contribution in [0.3, 0.4) is 0 Å². The van der Waals surface area contributed by atoms with Crippen LogP contribution in [-0.2, 0) is 18.3 Å². The van der Waals surface area contributed by atoms with Gasteiger partial charge < -0.3 is 24.8 Å². The zero-order valence-corrected chi connectivity index (χ0v) is 21.8. The number of aliphatic imine (C=N–C) groups is 1. The quantitative estimate of drug-likeness (QED) is 0.209. The van der Waals surface area contributed by atoms with Crippen molar-refractivity contribution in [2.45, 2.75) is 52.1 Å². The smallest absolute Gasteiger partial charge is 0.191 e. The Kier molecular flexibility index (Phi) is 12.1. The average molecular weight is 549 g/mol. The Labute approximate surface area is 204 Å². The van der Waals surface area contributed by atoms with Gasteiger partial charge in [0.05, 0.1) is 13.2 Å². The fourth-order valence-electron chi connectivity index (χ4n) is 4.04. The Bertz CT molecular complexity index is 654. The van der Waals surface area contributed by atoms with Crippen LogP contribution in [0.4, 0.5) is 0 Å². The molecule has 0 unspecified atom stereocenters. The van der Waals surface area contributed by atoms with Crippen molar-refractivity contribution in [2.24, 2.45) is 12.0 Å². The second-order valence-electron chi connectivity index (χ2n) is 8.38. The molecule has 3 rings (SSSR count). The van der Waals surface area contributed by atoms with Gasteiger partial charge in [-0.2, -0.15) is 0 Å². The van der Waals surface area contributed by atoms with E-state index in [-0.39, 0.29) is 24.0 Å². The minimum absolute atomic E-state index is 0. The third kappa shape index (κ3) is 8.82. The zero-order valence-electron chi connectivity index (χ0n) is 19.5. The highest BCUT2D eigenvalue weighted by Gasteiger charge is 2.19. The van der Waals surface area contributed by atoms with E-state index in [9.17, 15) is 0 Å². The van der Waals surface area contributed by atoms with Crippen molar-refractivity contribution in [3.63, 3.8) is 0 Å². The van der Waals surface area contributed by atoms with Crippen molar-refractivity contribution in [1.29, 1.82) is 0 Å². The fraction of sp³-hybridized carbons (Fsp3) is 0.857. The van der Waals surface area contributed by atoms with Gasteiger partial charge in [0.15, 0.2) is 11.8 Å². The van der Waals surface area contributed by atoms with Crippen LogP contribution in [0.1, 0.15) is 44.3 Å². The summed E-state index contributed by atoms with van der Waals surface area (Å²) in [5.41, 5.74) is 0. The van der Waals surface area contributed by atoms with Gasteiger partial charge in [0.1, 0.15) is 12.4 Å². The van der Waals surface area contributed by atoms with Crippen LogP contribution in [0.5, 0.6) is 0 Å². The van der Waals surface area contributed by atoms with Crippen molar-refractivity contribution in [1.82, 2.24) is 35.2 Å². The fourth-order valence-corrected chi connectivity index (χ4v) is 4.04. The molecule has 2 fully saturated rings. The molecule has 1 aromatic heterocycles. The molecule has 2 N–H and O–H groups in total. The summed E-state index contributed by atoms with van der Waals surface area (Å²) in [5, 5.41) is 15.6. The van der Waals surface area contributed by atoms with Gasteiger partial charge in [0.25, 0.3) is 0 Å². The Morgan fingerprint density at radius 2 is 1.81 bits per heavy atom. The highest BCUT2D eigenvalue weighted by atomic mass is 127. The lowest BCUT2D eigenvalue weighted by Gasteiger charge is -2.33. The van der Waals surface area contributed by atoms with Gasteiger partial charge in [-0.1, -0.05) is 6.92 Å². The van der Waals surface area contributed by atoms with E-state index < -0.39 is 0 Å². The van der Waals surface area contributed by atoms with Crippen molar-refractivity contribution < 1.29 is 4.74 Å². The van der Waals surface area contributed by atoms with E-state index in [2.05, 4.69) is 37.6 Å². The number of nitrogens with zero attached hydrogens (tertiary/aromatic N) is 6. The first-order valence-electron chi connectivity index (χ1n) is 11.6. The molecule has 2 saturated heterocycles. The molecule has 0 spiro atoms. The molecule has 0 saturated carbocycles. The predicted molar refractivity (Wildman–Crippen MR) is 135 cm³/mol. The molecule has 31 heavy (non-hydrogen) atoms. The summed E-state index contributed by atoms with van der Waals surface area (Å²) in [5.74, 6) is 2.70. The molecule has 0 bridgehead atoms. The van der Waals surface area contributed by atoms with Crippen LogP contribution < -0.4 is 10.6 Å². The summed E-state index contributed by atoms with van der Waals surface area (Å²) < 4.78 is 7.44. The van der Waals surface area contributed by atoms with Gasteiger partial charge in [-0.15, -0.1) is 34.2 Å². The van der Waals surface area contributed by atoms with Gasteiger partial charge >= 0.3 is 0 Å². The number of hydrogen-bond donors (Lipinski definition) is 2. The van der Waals surface area contributed by atoms with Crippen molar-refractivity contribution in [2.75, 3.05) is 59.0 Å². The monoisotopic (exact) mass is 548 g/mol. The summed E-state index contributed by atoms with van der Waals surface area (Å²) in [6, 6.07) is 0.477. The van der Waals surface area contributed by atoms with Crippen molar-refractivity contribution in [3.8, 4) is 0 Å². The summed E-state index contributed by atoms with van der Waals surface area (Å²) in [6.45, 7) is 14.1. The van der Waals surface area contributed by atoms with Crippen molar-refractivity contribution >= 4 is 29.9 Å². The molecule has 2 aliphatic heterocycles. The lowest BCUT2D eigenvalue weighted by atomic mass is 10.1. The molecule has 0 atom stereocenters. The molecule has 0 aromatic carbocycles. The Morgan fingerprint density at radius 3 is 2.45 bits per heavy atom. The Balaban J connectivity index is 0.00000341. The molecule has 178 valence electrons. The normalized spacial score (nSPS) is 19.3. The van der Waals surface area contributed by atoms with Crippen LogP contribution in [0.25, 0.3) is 0 Å². The first-order valence-corrected chi connectivity index (χ1v) is 11.6. The van der Waals surface area contributed by atoms with E-state index in [1.165, 1.54) is 13.0 Å². The lowest BCUT2D eigenvalue weighted by molar-refractivity contribution is 0.0376. The van der Waals surface area contributed by atoms with Crippen LogP contribution in [0.2, 0.25) is 0 Å². The number of aryl methyl sites for hydroxylation is 1. The second kappa shape index (κ2) is 14.2. The third-order valence-corrected chi connectivity index (χ3v) is 6.08. The second-order valence-corrected chi connectivity index (χ2v) is 8.38. The van der Waals surface area contributed by atoms with Crippen LogP contribution in [-0.4, -0.2) is 95.6 Å². The Morgan fingerprint density at radius 1 is 1.10 bits per heavy atom. The first-order chi connectivity index (χ1) is 14.7. The topological polar surface area (TPSA) is 82.8 Å². The number of hydrogen-bond acceptors (Lipinski definition) is 6. The predicted octanol–water partition coefficient (Wildman–Crippen LogP) is 1.37. The van der Waals surface area contributed by atoms with Crippen LogP contribution in [0, 0.1) is 6.92 Å². The lowest BCUT2D eigenvalue weighted by Crippen LogP contribution is -2.49.